The molecule has 0 spiro atoms. The lowest BCUT2D eigenvalue weighted by molar-refractivity contribution is -0.384. The summed E-state index contributed by atoms with van der Waals surface area (Å²) in [5, 5.41) is 13.7. The summed E-state index contributed by atoms with van der Waals surface area (Å²) >= 11 is 0. The van der Waals surface area contributed by atoms with E-state index in [9.17, 15) is 14.9 Å². The molecule has 2 rings (SSSR count). The average molecular weight is 293 g/mol. The van der Waals surface area contributed by atoms with Crippen molar-refractivity contribution in [2.45, 2.75) is 18.9 Å². The number of nitro benzene ring substituents is 1. The summed E-state index contributed by atoms with van der Waals surface area (Å²) in [5.41, 5.74) is 2.80. The largest absolute Gasteiger partial charge is 0.348 e. The molecule has 1 aliphatic heterocycles. The van der Waals surface area contributed by atoms with Crippen LogP contribution in [0.2, 0.25) is 0 Å². The van der Waals surface area contributed by atoms with Crippen LogP contribution in [0.15, 0.2) is 18.2 Å². The van der Waals surface area contributed by atoms with E-state index in [2.05, 4.69) is 15.6 Å². The molecule has 0 radical (unpaired) electrons. The molecule has 1 aromatic rings. The van der Waals surface area contributed by atoms with Gasteiger partial charge in [-0.2, -0.15) is 0 Å². The number of nitrogen functional groups attached to an aromatic ring is 1. The van der Waals surface area contributed by atoms with Crippen molar-refractivity contribution >= 4 is 17.3 Å². The van der Waals surface area contributed by atoms with Crippen LogP contribution in [-0.2, 0) is 0 Å². The van der Waals surface area contributed by atoms with Crippen molar-refractivity contribution in [2.24, 2.45) is 5.84 Å². The maximum Gasteiger partial charge on any atom is 0.270 e. The number of likely N-dealkylation sites (N-methyl/N-ethyl adjacent to an activating group) is 1. The third-order valence-electron chi connectivity index (χ3n) is 3.57. The molecule has 1 aromatic carbocycles. The molecule has 0 aromatic heterocycles. The third kappa shape index (κ3) is 3.67. The fourth-order valence-electron chi connectivity index (χ4n) is 2.51. The molecule has 1 unspecified atom stereocenters. The van der Waals surface area contributed by atoms with Crippen molar-refractivity contribution < 1.29 is 9.72 Å². The molecule has 0 saturated carbocycles. The number of nitrogens with one attached hydrogen (secondary N) is 2. The van der Waals surface area contributed by atoms with Gasteiger partial charge in [0.2, 0.25) is 0 Å². The molecule has 1 fully saturated rings. The Hall–Kier alpha value is -2.19. The van der Waals surface area contributed by atoms with Gasteiger partial charge in [-0.25, -0.2) is 0 Å². The molecule has 0 bridgehead atoms. The van der Waals surface area contributed by atoms with Crippen molar-refractivity contribution in [3.63, 3.8) is 0 Å². The van der Waals surface area contributed by atoms with Crippen LogP contribution in [0.1, 0.15) is 23.2 Å². The Bertz CT molecular complexity index is 549. The Kier molecular flexibility index (Phi) is 4.71. The molecule has 21 heavy (non-hydrogen) atoms. The monoisotopic (exact) mass is 293 g/mol. The van der Waals surface area contributed by atoms with Crippen LogP contribution < -0.4 is 16.6 Å². The van der Waals surface area contributed by atoms with E-state index in [4.69, 9.17) is 5.84 Å². The van der Waals surface area contributed by atoms with E-state index < -0.39 is 4.92 Å². The van der Waals surface area contributed by atoms with Gasteiger partial charge < -0.3 is 15.6 Å². The number of nitro groups is 1. The molecule has 1 amide bonds. The van der Waals surface area contributed by atoms with Crippen molar-refractivity contribution in [3.8, 4) is 0 Å². The van der Waals surface area contributed by atoms with E-state index >= 15 is 0 Å². The van der Waals surface area contributed by atoms with Gasteiger partial charge in [0.05, 0.1) is 16.2 Å². The molecule has 0 aliphatic carbocycles. The summed E-state index contributed by atoms with van der Waals surface area (Å²) < 4.78 is 0. The highest BCUT2D eigenvalue weighted by atomic mass is 16.6. The van der Waals surface area contributed by atoms with Crippen LogP contribution >= 0.6 is 0 Å². The Morgan fingerprint density at radius 2 is 2.29 bits per heavy atom. The van der Waals surface area contributed by atoms with Gasteiger partial charge in [0.25, 0.3) is 11.6 Å². The zero-order chi connectivity index (χ0) is 15.4. The normalized spacial score (nSPS) is 19.0. The fourth-order valence-corrected chi connectivity index (χ4v) is 2.51. The molecular weight excluding hydrogens is 274 g/mol. The SMILES string of the molecule is CN1CCCC(NC(=O)c2cc([N+](=O)[O-])ccc2NN)C1. The van der Waals surface area contributed by atoms with E-state index in [0.29, 0.717) is 5.69 Å². The molecule has 4 N–H and O–H groups in total. The molecule has 1 atom stereocenters. The number of piperidine rings is 1. The molecule has 114 valence electrons. The maximum atomic E-state index is 12.3. The van der Waals surface area contributed by atoms with Gasteiger partial charge in [0.1, 0.15) is 0 Å². The van der Waals surface area contributed by atoms with E-state index in [1.807, 2.05) is 7.05 Å². The summed E-state index contributed by atoms with van der Waals surface area (Å²) in [5.74, 6) is 5.01. The second-order valence-electron chi connectivity index (χ2n) is 5.21. The molecule has 8 nitrogen and oxygen atoms in total. The Morgan fingerprint density at radius 1 is 1.52 bits per heavy atom. The number of hydrazine groups is 1. The van der Waals surface area contributed by atoms with Gasteiger partial charge in [0.15, 0.2) is 0 Å². The number of likely N-dealkylation sites (tertiary alicyclic amines) is 1. The van der Waals surface area contributed by atoms with E-state index in [1.54, 1.807) is 0 Å². The zero-order valence-corrected chi connectivity index (χ0v) is 11.8. The number of anilines is 1. The number of non-ortho nitro benzene ring substituents is 1. The van der Waals surface area contributed by atoms with E-state index in [1.165, 1.54) is 18.2 Å². The number of carbonyl (C=O) groups is 1. The first kappa shape index (κ1) is 15.2. The summed E-state index contributed by atoms with van der Waals surface area (Å²) in [7, 11) is 2.00. The number of nitrogens with zero attached hydrogens (tertiary/aromatic N) is 2. The smallest absolute Gasteiger partial charge is 0.270 e. The van der Waals surface area contributed by atoms with Gasteiger partial charge >= 0.3 is 0 Å². The first-order chi connectivity index (χ1) is 10.0. The number of benzene rings is 1. The highest BCUT2D eigenvalue weighted by Gasteiger charge is 2.22. The Balaban J connectivity index is 2.17. The molecule has 1 saturated heterocycles. The summed E-state index contributed by atoms with van der Waals surface area (Å²) in [6, 6.07) is 4.01. The quantitative estimate of drug-likeness (QED) is 0.428. The fraction of sp³-hybridized carbons (Fsp3) is 0.462. The minimum Gasteiger partial charge on any atom is -0.348 e. The lowest BCUT2D eigenvalue weighted by Gasteiger charge is -2.30. The number of nitrogens with two attached hydrogens (primary N) is 1. The average Bonchev–Trinajstić information content (AvgIpc) is 2.46. The van der Waals surface area contributed by atoms with Gasteiger partial charge in [0, 0.05) is 24.7 Å². The lowest BCUT2D eigenvalue weighted by atomic mass is 10.0. The van der Waals surface area contributed by atoms with Crippen molar-refractivity contribution in [2.75, 3.05) is 25.6 Å². The van der Waals surface area contributed by atoms with Gasteiger partial charge in [-0.15, -0.1) is 0 Å². The highest BCUT2D eigenvalue weighted by Crippen LogP contribution is 2.22. The summed E-state index contributed by atoms with van der Waals surface area (Å²) in [6.07, 6.45) is 1.91. The van der Waals surface area contributed by atoms with Gasteiger partial charge in [-0.05, 0) is 32.5 Å². The molecule has 8 heteroatoms. The van der Waals surface area contributed by atoms with Gasteiger partial charge in [-0.3, -0.25) is 20.8 Å². The number of amides is 1. The molecule has 1 aliphatic rings. The van der Waals surface area contributed by atoms with Crippen LogP contribution in [0.25, 0.3) is 0 Å². The van der Waals surface area contributed by atoms with Crippen molar-refractivity contribution in [3.05, 3.63) is 33.9 Å². The minimum absolute atomic E-state index is 0.0427. The standard InChI is InChI=1S/C13H19N5O3/c1-17-6-2-3-9(8-17)15-13(19)11-7-10(18(20)21)4-5-12(11)16-14/h4-5,7,9,16H,2-3,6,8,14H2,1H3,(H,15,19). The van der Waals surface area contributed by atoms with Crippen molar-refractivity contribution in [1.82, 2.24) is 10.2 Å². The zero-order valence-electron chi connectivity index (χ0n) is 11.8. The number of hydrogen-bond donors (Lipinski definition) is 3. The van der Waals surface area contributed by atoms with Crippen LogP contribution in [0.3, 0.4) is 0 Å². The maximum absolute atomic E-state index is 12.3. The third-order valence-corrected chi connectivity index (χ3v) is 3.57. The van der Waals surface area contributed by atoms with Crippen LogP contribution in [0.5, 0.6) is 0 Å². The Labute approximate surface area is 122 Å². The van der Waals surface area contributed by atoms with Crippen LogP contribution in [0, 0.1) is 10.1 Å². The number of hydrogen-bond acceptors (Lipinski definition) is 6. The van der Waals surface area contributed by atoms with Gasteiger partial charge in [-0.1, -0.05) is 0 Å². The van der Waals surface area contributed by atoms with Crippen molar-refractivity contribution in [1.29, 1.82) is 0 Å². The highest BCUT2D eigenvalue weighted by molar-refractivity contribution is 6.00. The minimum atomic E-state index is -0.536. The predicted octanol–water partition coefficient (Wildman–Crippen LogP) is 0.704. The first-order valence-corrected chi connectivity index (χ1v) is 6.75. The number of rotatable bonds is 4. The number of carbonyl (C=O) groups excluding carboxylic acids is 1. The summed E-state index contributed by atoms with van der Waals surface area (Å²) in [6.45, 7) is 1.78. The molecular formula is C13H19N5O3. The predicted molar refractivity (Wildman–Crippen MR) is 78.9 cm³/mol. The van der Waals surface area contributed by atoms with E-state index in [0.717, 1.165) is 25.9 Å². The Morgan fingerprint density at radius 3 is 2.90 bits per heavy atom. The van der Waals surface area contributed by atoms with Crippen LogP contribution in [-0.4, -0.2) is 41.9 Å². The first-order valence-electron chi connectivity index (χ1n) is 6.75. The lowest BCUT2D eigenvalue weighted by Crippen LogP contribution is -2.46. The summed E-state index contributed by atoms with van der Waals surface area (Å²) in [4.78, 5) is 24.8. The van der Waals surface area contributed by atoms with E-state index in [-0.39, 0.29) is 23.2 Å². The second-order valence-corrected chi connectivity index (χ2v) is 5.21. The topological polar surface area (TPSA) is 114 Å². The second kappa shape index (κ2) is 6.51. The molecule has 1 heterocycles. The van der Waals surface area contributed by atoms with Crippen LogP contribution in [0.4, 0.5) is 11.4 Å².